The second-order valence-corrected chi connectivity index (χ2v) is 13.2. The van der Waals surface area contributed by atoms with Crippen molar-refractivity contribution in [3.8, 4) is 0 Å². The topological polar surface area (TPSA) is 92.7 Å². The van der Waals surface area contributed by atoms with E-state index in [4.69, 9.17) is 27.1 Å². The molecule has 1 atom stereocenters. The normalized spacial score (nSPS) is 14.7. The van der Waals surface area contributed by atoms with E-state index < -0.39 is 16.6 Å². The van der Waals surface area contributed by atoms with Crippen molar-refractivity contribution in [3.05, 3.63) is 0 Å². The summed E-state index contributed by atoms with van der Waals surface area (Å²) in [5, 5.41) is 0. The van der Waals surface area contributed by atoms with E-state index >= 15 is 0 Å². The summed E-state index contributed by atoms with van der Waals surface area (Å²) in [5.74, 6) is 2.00. The number of rotatable bonds is 22. The van der Waals surface area contributed by atoms with Crippen LogP contribution in [0, 0.1) is 0 Å². The number of hydrogen-bond acceptors (Lipinski definition) is 8. The Balaban J connectivity index is 3.73. The van der Waals surface area contributed by atoms with Gasteiger partial charge in [0, 0.05) is 32.5 Å². The highest BCUT2D eigenvalue weighted by Crippen LogP contribution is 2.42. The molecular weight excluding hydrogens is 461 g/mol. The lowest BCUT2D eigenvalue weighted by Gasteiger charge is -2.28. The van der Waals surface area contributed by atoms with E-state index in [0.29, 0.717) is 37.5 Å². The van der Waals surface area contributed by atoms with Crippen molar-refractivity contribution in [1.29, 1.82) is 0 Å². The number of hydrogen-bond donors (Lipinski definition) is 1. The number of nitrogens with zero attached hydrogens (tertiary/aromatic N) is 1. The predicted molar refractivity (Wildman–Crippen MR) is 127 cm³/mol. The summed E-state index contributed by atoms with van der Waals surface area (Å²) in [4.78, 5) is 9.61. The predicted octanol–water partition coefficient (Wildman–Crippen LogP) is 3.40. The maximum Gasteiger partial charge on any atom is 0.500 e. The number of thioether (sulfide) groups is 1. The lowest BCUT2D eigenvalue weighted by atomic mass is 10.5. The Labute approximate surface area is 194 Å². The number of likely N-dealkylation sites (N-methyl/N-ethyl adjacent to an activating group) is 1. The molecule has 0 aromatic heterocycles. The smallest absolute Gasteiger partial charge is 0.379 e. The summed E-state index contributed by atoms with van der Waals surface area (Å²) in [6.45, 7) is 9.40. The fraction of sp³-hybridized carbons (Fsp3) is 1.00. The summed E-state index contributed by atoms with van der Waals surface area (Å²) in [6.07, 6.45) is 1.90. The maximum atomic E-state index is 11.8. The first-order valence-corrected chi connectivity index (χ1v) is 15.7. The number of quaternary nitrogens is 1. The third-order valence-corrected chi connectivity index (χ3v) is 9.26. The molecule has 0 heterocycles. The van der Waals surface area contributed by atoms with E-state index in [1.165, 1.54) is 0 Å². The molecule has 0 aliphatic rings. The van der Waals surface area contributed by atoms with Gasteiger partial charge in [-0.25, -0.2) is 4.57 Å². The van der Waals surface area contributed by atoms with Crippen molar-refractivity contribution in [2.24, 2.45) is 0 Å². The van der Waals surface area contributed by atoms with Gasteiger partial charge >= 0.3 is 16.6 Å². The first-order chi connectivity index (χ1) is 14.6. The molecule has 0 rings (SSSR count). The molecule has 0 aliphatic carbocycles. The molecule has 0 fully saturated rings. The first-order valence-electron chi connectivity index (χ1n) is 11.1. The van der Waals surface area contributed by atoms with Gasteiger partial charge in [-0.1, -0.05) is 0 Å². The van der Waals surface area contributed by atoms with Crippen molar-refractivity contribution in [2.75, 3.05) is 85.4 Å². The average Bonchev–Trinajstić information content (AvgIpc) is 2.65. The van der Waals surface area contributed by atoms with E-state index in [2.05, 4.69) is 0 Å². The highest BCUT2D eigenvalue weighted by molar-refractivity contribution is 7.99. The molecule has 0 aliphatic heterocycles. The van der Waals surface area contributed by atoms with Crippen LogP contribution in [0.5, 0.6) is 0 Å². The van der Waals surface area contributed by atoms with Crippen LogP contribution < -0.4 is 0 Å². The molecular formula is C19H45NO8PSSi+. The van der Waals surface area contributed by atoms with Crippen molar-refractivity contribution in [2.45, 2.75) is 39.7 Å². The lowest BCUT2D eigenvalue weighted by Crippen LogP contribution is -2.46. The molecule has 0 amide bonds. The third-order valence-electron chi connectivity index (χ3n) is 3.94. The minimum Gasteiger partial charge on any atom is -0.379 e. The van der Waals surface area contributed by atoms with Crippen LogP contribution in [-0.4, -0.2) is 104 Å². The van der Waals surface area contributed by atoms with Gasteiger partial charge < -0.3 is 27.4 Å². The van der Waals surface area contributed by atoms with Gasteiger partial charge in [-0.15, -0.1) is 0 Å². The van der Waals surface area contributed by atoms with E-state index in [1.807, 2.05) is 53.7 Å². The Morgan fingerprint density at radius 3 is 1.94 bits per heavy atom. The molecule has 0 aromatic carbocycles. The Hall–Kier alpha value is 0.477. The van der Waals surface area contributed by atoms with Gasteiger partial charge in [0.2, 0.25) is 0 Å². The molecule has 0 bridgehead atoms. The van der Waals surface area contributed by atoms with Crippen molar-refractivity contribution in [3.63, 3.8) is 0 Å². The Kier molecular flexibility index (Phi) is 18.2. The molecule has 1 unspecified atom stereocenters. The molecule has 0 spiro atoms. The van der Waals surface area contributed by atoms with Gasteiger partial charge in [0.15, 0.2) is 0 Å². The molecule has 188 valence electrons. The van der Waals surface area contributed by atoms with Gasteiger partial charge in [-0.3, -0.25) is 9.05 Å². The minimum absolute atomic E-state index is 0.0320. The summed E-state index contributed by atoms with van der Waals surface area (Å²) < 4.78 is 45.3. The zero-order valence-corrected chi connectivity index (χ0v) is 23.0. The van der Waals surface area contributed by atoms with Crippen molar-refractivity contribution < 1.29 is 41.0 Å². The van der Waals surface area contributed by atoms with E-state index in [9.17, 15) is 9.46 Å². The van der Waals surface area contributed by atoms with Crippen LogP contribution in [0.15, 0.2) is 0 Å². The van der Waals surface area contributed by atoms with Crippen LogP contribution in [0.4, 0.5) is 0 Å². The molecule has 9 nitrogen and oxygen atoms in total. The minimum atomic E-state index is -4.00. The fourth-order valence-electron chi connectivity index (χ4n) is 2.54. The van der Waals surface area contributed by atoms with Gasteiger partial charge in [0.1, 0.15) is 13.2 Å². The molecule has 1 N–H and O–H groups in total. The van der Waals surface area contributed by atoms with E-state index in [1.54, 1.807) is 0 Å². The maximum absolute atomic E-state index is 11.8. The highest BCUT2D eigenvalue weighted by Gasteiger charge is 2.39. The molecule has 0 saturated carbocycles. The molecule has 12 heteroatoms. The largest absolute Gasteiger partial charge is 0.500 e. The fourth-order valence-corrected chi connectivity index (χ4v) is 6.97. The Morgan fingerprint density at radius 1 is 0.839 bits per heavy atom. The zero-order chi connectivity index (χ0) is 23.6. The van der Waals surface area contributed by atoms with Crippen LogP contribution in [0.2, 0.25) is 6.04 Å². The standard InChI is InChI=1S/C19H44NO8PSSi/c1-7-26-31(27-8-2,28-9-3)19-11-18-30-17-10-13-23-15-16-25-29(21,22)24-14-12-20(4,5)6/h7-19H2,1-6H3/p+1. The SMILES string of the molecule is CCO[Si](CCCSCCCOCCOP(=O)(O)OCC[N+](C)(C)C)(OCC)OCC. The van der Waals surface area contributed by atoms with Gasteiger partial charge in [-0.2, -0.15) is 11.8 Å². The van der Waals surface area contributed by atoms with Crippen LogP contribution in [0.25, 0.3) is 0 Å². The summed E-state index contributed by atoms with van der Waals surface area (Å²) in [5.41, 5.74) is 0. The monoisotopic (exact) mass is 506 g/mol. The van der Waals surface area contributed by atoms with Crippen LogP contribution >= 0.6 is 19.6 Å². The van der Waals surface area contributed by atoms with Crippen molar-refractivity contribution in [1.82, 2.24) is 0 Å². The molecule has 0 saturated heterocycles. The van der Waals surface area contributed by atoms with Gasteiger partial charge in [0.05, 0.1) is 34.4 Å². The highest BCUT2D eigenvalue weighted by atomic mass is 32.2. The lowest BCUT2D eigenvalue weighted by molar-refractivity contribution is -0.870. The van der Waals surface area contributed by atoms with Crippen LogP contribution in [0.3, 0.4) is 0 Å². The summed E-state index contributed by atoms with van der Waals surface area (Å²) in [7, 11) is -0.582. The Morgan fingerprint density at radius 2 is 1.39 bits per heavy atom. The van der Waals surface area contributed by atoms with Gasteiger partial charge in [-0.05, 0) is 45.1 Å². The van der Waals surface area contributed by atoms with Gasteiger partial charge in [0.25, 0.3) is 0 Å². The first kappa shape index (κ1) is 31.5. The number of phosphoric acid groups is 1. The summed E-state index contributed by atoms with van der Waals surface area (Å²) >= 11 is 1.87. The van der Waals surface area contributed by atoms with E-state index in [-0.39, 0.29) is 19.8 Å². The van der Waals surface area contributed by atoms with Crippen LogP contribution in [0.1, 0.15) is 33.6 Å². The Bertz CT molecular complexity index is 467. The summed E-state index contributed by atoms with van der Waals surface area (Å²) in [6, 6.07) is 0.835. The second-order valence-electron chi connectivity index (χ2n) is 7.81. The average molecular weight is 507 g/mol. The van der Waals surface area contributed by atoms with Crippen molar-refractivity contribution >= 4 is 28.4 Å². The number of phosphoric ester groups is 1. The zero-order valence-electron chi connectivity index (χ0n) is 20.3. The second kappa shape index (κ2) is 17.9. The molecule has 0 aromatic rings. The third kappa shape index (κ3) is 18.6. The number of ether oxygens (including phenoxy) is 1. The molecule has 31 heavy (non-hydrogen) atoms. The molecule has 0 radical (unpaired) electrons. The van der Waals surface area contributed by atoms with E-state index in [0.717, 1.165) is 30.4 Å². The quantitative estimate of drug-likeness (QED) is 0.103. The van der Waals surface area contributed by atoms with Crippen LogP contribution in [-0.2, 0) is 31.6 Å².